The fraction of sp³-hybridized carbons (Fsp3) is 0.353. The van der Waals surface area contributed by atoms with Gasteiger partial charge in [-0.1, -0.05) is 42.3 Å². The summed E-state index contributed by atoms with van der Waals surface area (Å²) in [6, 6.07) is 7.31. The van der Waals surface area contributed by atoms with Crippen LogP contribution in [-0.2, 0) is 4.74 Å². The molecule has 1 saturated heterocycles. The van der Waals surface area contributed by atoms with Gasteiger partial charge in [0.2, 0.25) is 0 Å². The Bertz CT molecular complexity index is 933. The molecule has 1 aromatic carbocycles. The number of aliphatic hydroxyl groups is 2. The summed E-state index contributed by atoms with van der Waals surface area (Å²) in [5, 5.41) is 26.7. The minimum atomic E-state index is -1.16. The molecule has 0 aliphatic carbocycles. The van der Waals surface area contributed by atoms with Crippen molar-refractivity contribution in [3.63, 3.8) is 0 Å². The van der Waals surface area contributed by atoms with Crippen molar-refractivity contribution in [3.05, 3.63) is 52.5 Å². The lowest BCUT2D eigenvalue weighted by Gasteiger charge is -2.22. The standard InChI is InChI=1S/C17H16Cl2N4O3/c1-8(9-2-4-10(18)5-3-9)14-12(24)13(25)17(26-14)23-16-11(6-22-23)15(19)20-7-21-16/h2-8,12-14,17,24-25H,1H3/t8?,12-,13+,14+,17+/m0/s1. The molecule has 7 nitrogen and oxygen atoms in total. The fourth-order valence-electron chi connectivity index (χ4n) is 3.28. The molecule has 3 aromatic rings. The molecule has 0 radical (unpaired) electrons. The highest BCUT2D eigenvalue weighted by Gasteiger charge is 2.47. The molecular weight excluding hydrogens is 379 g/mol. The number of aromatic nitrogens is 4. The molecule has 0 bridgehead atoms. The molecule has 4 rings (SSSR count). The predicted molar refractivity (Wildman–Crippen MR) is 96.1 cm³/mol. The van der Waals surface area contributed by atoms with Crippen LogP contribution in [0.4, 0.5) is 0 Å². The van der Waals surface area contributed by atoms with Crippen LogP contribution in [0.2, 0.25) is 10.2 Å². The number of hydrogen-bond donors (Lipinski definition) is 2. The molecular formula is C17H16Cl2N4O3. The van der Waals surface area contributed by atoms with Crippen LogP contribution in [0.3, 0.4) is 0 Å². The fourth-order valence-corrected chi connectivity index (χ4v) is 3.58. The lowest BCUT2D eigenvalue weighted by Crippen LogP contribution is -2.34. The molecule has 3 heterocycles. The van der Waals surface area contributed by atoms with E-state index in [9.17, 15) is 10.2 Å². The van der Waals surface area contributed by atoms with E-state index in [1.165, 1.54) is 17.2 Å². The zero-order chi connectivity index (χ0) is 18.4. The molecule has 1 unspecified atom stereocenters. The Morgan fingerprint density at radius 2 is 1.85 bits per heavy atom. The van der Waals surface area contributed by atoms with E-state index >= 15 is 0 Å². The van der Waals surface area contributed by atoms with Gasteiger partial charge >= 0.3 is 0 Å². The molecule has 5 atom stereocenters. The van der Waals surface area contributed by atoms with Gasteiger partial charge in [0.1, 0.15) is 23.7 Å². The van der Waals surface area contributed by atoms with E-state index in [1.54, 1.807) is 12.1 Å². The van der Waals surface area contributed by atoms with E-state index in [-0.39, 0.29) is 11.1 Å². The first kappa shape index (κ1) is 17.6. The van der Waals surface area contributed by atoms with Gasteiger partial charge in [-0.2, -0.15) is 5.10 Å². The quantitative estimate of drug-likeness (QED) is 0.663. The van der Waals surface area contributed by atoms with Gasteiger partial charge in [0.25, 0.3) is 0 Å². The van der Waals surface area contributed by atoms with Crippen LogP contribution in [0.15, 0.2) is 36.8 Å². The Labute approximate surface area is 159 Å². The van der Waals surface area contributed by atoms with Crippen LogP contribution >= 0.6 is 23.2 Å². The van der Waals surface area contributed by atoms with Crippen LogP contribution in [0.1, 0.15) is 24.6 Å². The monoisotopic (exact) mass is 394 g/mol. The van der Waals surface area contributed by atoms with E-state index in [1.807, 2.05) is 19.1 Å². The van der Waals surface area contributed by atoms with E-state index in [2.05, 4.69) is 15.1 Å². The molecule has 2 N–H and O–H groups in total. The first-order chi connectivity index (χ1) is 12.5. The van der Waals surface area contributed by atoms with E-state index in [0.717, 1.165) is 5.56 Å². The van der Waals surface area contributed by atoms with Gasteiger partial charge in [-0.15, -0.1) is 0 Å². The molecule has 0 amide bonds. The normalized spacial score (nSPS) is 27.1. The average molecular weight is 395 g/mol. The number of fused-ring (bicyclic) bond motifs is 1. The minimum Gasteiger partial charge on any atom is -0.387 e. The second kappa shape index (κ2) is 6.75. The first-order valence-electron chi connectivity index (χ1n) is 8.08. The van der Waals surface area contributed by atoms with E-state index in [4.69, 9.17) is 27.9 Å². The number of rotatable bonds is 3. The number of halogens is 2. The Balaban J connectivity index is 1.65. The second-order valence-corrected chi connectivity index (χ2v) is 7.10. The van der Waals surface area contributed by atoms with Crippen molar-refractivity contribution in [1.82, 2.24) is 19.7 Å². The van der Waals surface area contributed by atoms with Gasteiger partial charge in [0.15, 0.2) is 11.9 Å². The minimum absolute atomic E-state index is 0.165. The zero-order valence-electron chi connectivity index (χ0n) is 13.7. The summed E-state index contributed by atoms with van der Waals surface area (Å²) in [5.41, 5.74) is 1.38. The maximum absolute atomic E-state index is 10.5. The van der Waals surface area contributed by atoms with Crippen molar-refractivity contribution in [2.75, 3.05) is 0 Å². The summed E-state index contributed by atoms with van der Waals surface area (Å²) >= 11 is 12.0. The third-order valence-corrected chi connectivity index (χ3v) is 5.30. The SMILES string of the molecule is CC(c1ccc(Cl)cc1)[C@H]1O[C@@H](n2ncc3c(Cl)ncnc32)[C@H](O)[C@@H]1O. The van der Waals surface area contributed by atoms with Gasteiger partial charge in [-0.3, -0.25) is 0 Å². The van der Waals surface area contributed by atoms with Gasteiger partial charge in [-0.25, -0.2) is 14.6 Å². The average Bonchev–Trinajstić information content (AvgIpc) is 3.18. The lowest BCUT2D eigenvalue weighted by molar-refractivity contribution is -0.0478. The maximum atomic E-state index is 10.5. The van der Waals surface area contributed by atoms with Crippen molar-refractivity contribution < 1.29 is 14.9 Å². The van der Waals surface area contributed by atoms with Crippen molar-refractivity contribution in [1.29, 1.82) is 0 Å². The third kappa shape index (κ3) is 2.86. The highest BCUT2D eigenvalue weighted by atomic mass is 35.5. The Kier molecular flexibility index (Phi) is 4.58. The molecule has 9 heteroatoms. The van der Waals surface area contributed by atoms with Crippen LogP contribution in [0, 0.1) is 0 Å². The first-order valence-corrected chi connectivity index (χ1v) is 8.83. The Morgan fingerprint density at radius 3 is 2.58 bits per heavy atom. The van der Waals surface area contributed by atoms with E-state index < -0.39 is 24.5 Å². The van der Waals surface area contributed by atoms with Gasteiger partial charge in [0.05, 0.1) is 17.7 Å². The van der Waals surface area contributed by atoms with Crippen molar-refractivity contribution in [2.24, 2.45) is 0 Å². The predicted octanol–water partition coefficient (Wildman–Crippen LogP) is 2.56. The van der Waals surface area contributed by atoms with Gasteiger partial charge in [0, 0.05) is 10.9 Å². The Hall–Kier alpha value is -1.77. The van der Waals surface area contributed by atoms with Gasteiger partial charge < -0.3 is 14.9 Å². The van der Waals surface area contributed by atoms with Gasteiger partial charge in [-0.05, 0) is 17.7 Å². The van der Waals surface area contributed by atoms with Crippen LogP contribution in [0.25, 0.3) is 11.0 Å². The molecule has 1 aliphatic heterocycles. The molecule has 136 valence electrons. The second-order valence-electron chi connectivity index (χ2n) is 6.30. The van der Waals surface area contributed by atoms with Crippen LogP contribution < -0.4 is 0 Å². The molecule has 0 spiro atoms. The summed E-state index contributed by atoms with van der Waals surface area (Å²) in [6.07, 6.45) is -0.917. The molecule has 1 fully saturated rings. The summed E-state index contributed by atoms with van der Waals surface area (Å²) in [4.78, 5) is 8.07. The Morgan fingerprint density at radius 1 is 1.12 bits per heavy atom. The topological polar surface area (TPSA) is 93.3 Å². The van der Waals surface area contributed by atoms with Crippen molar-refractivity contribution in [3.8, 4) is 0 Å². The zero-order valence-corrected chi connectivity index (χ0v) is 15.2. The molecule has 1 aliphatic rings. The molecule has 26 heavy (non-hydrogen) atoms. The summed E-state index contributed by atoms with van der Waals surface area (Å²) in [6.45, 7) is 1.92. The molecule has 2 aromatic heterocycles. The largest absolute Gasteiger partial charge is 0.387 e. The summed E-state index contributed by atoms with van der Waals surface area (Å²) in [5.74, 6) is -0.165. The lowest BCUT2D eigenvalue weighted by atomic mass is 9.91. The van der Waals surface area contributed by atoms with E-state index in [0.29, 0.717) is 16.1 Å². The summed E-state index contributed by atoms with van der Waals surface area (Å²) < 4.78 is 7.41. The number of aliphatic hydroxyl groups excluding tert-OH is 2. The smallest absolute Gasteiger partial charge is 0.181 e. The van der Waals surface area contributed by atoms with Crippen molar-refractivity contribution >= 4 is 34.2 Å². The van der Waals surface area contributed by atoms with Crippen LogP contribution in [-0.4, -0.2) is 48.3 Å². The number of benzene rings is 1. The number of ether oxygens (including phenoxy) is 1. The number of nitrogens with zero attached hydrogens (tertiary/aromatic N) is 4. The number of hydrogen-bond acceptors (Lipinski definition) is 6. The summed E-state index contributed by atoms with van der Waals surface area (Å²) in [7, 11) is 0. The highest BCUT2D eigenvalue weighted by Crippen LogP contribution is 2.38. The maximum Gasteiger partial charge on any atom is 0.181 e. The van der Waals surface area contributed by atoms with Crippen LogP contribution in [0.5, 0.6) is 0 Å². The van der Waals surface area contributed by atoms with Crippen molar-refractivity contribution in [2.45, 2.75) is 37.4 Å². The highest BCUT2D eigenvalue weighted by molar-refractivity contribution is 6.33. The molecule has 0 saturated carbocycles. The third-order valence-electron chi connectivity index (χ3n) is 4.75.